The van der Waals surface area contributed by atoms with Gasteiger partial charge in [0.15, 0.2) is 15.6 Å². The van der Waals surface area contributed by atoms with Crippen LogP contribution in [0.5, 0.6) is 0 Å². The number of aromatic nitrogens is 1. The Hall–Kier alpha value is -2.24. The maximum Gasteiger partial charge on any atom is 0.248 e. The summed E-state index contributed by atoms with van der Waals surface area (Å²) in [6, 6.07) is 8.17. The number of aryl methyl sites for hydroxylation is 2. The van der Waals surface area contributed by atoms with Crippen LogP contribution >= 0.6 is 0 Å². The zero-order chi connectivity index (χ0) is 22.6. The summed E-state index contributed by atoms with van der Waals surface area (Å²) in [4.78, 5) is 12.9. The maximum absolute atomic E-state index is 13.0. The molecule has 0 spiro atoms. The third-order valence-corrected chi connectivity index (χ3v) is 9.24. The first-order chi connectivity index (χ1) is 14.6. The average Bonchev–Trinajstić information content (AvgIpc) is 3.10. The molecule has 1 N–H and O–H groups in total. The average molecular weight is 470 g/mol. The summed E-state index contributed by atoms with van der Waals surface area (Å²) in [5, 5.41) is 6.46. The first-order valence-electron chi connectivity index (χ1n) is 10.1. The maximum atomic E-state index is 13.0. The smallest absolute Gasteiger partial charge is 0.248 e. The van der Waals surface area contributed by atoms with Crippen molar-refractivity contribution in [3.63, 3.8) is 0 Å². The summed E-state index contributed by atoms with van der Waals surface area (Å²) in [7, 11) is -7.20. The summed E-state index contributed by atoms with van der Waals surface area (Å²) in [5.41, 5.74) is 0.295. The highest BCUT2D eigenvalue weighted by atomic mass is 32.2. The standard InChI is InChI=1S/C20H27N3O6S2/c1-15-19(16(2)29-22-15)31(27,28)23-12-6-8-17(14-23)20(24)21-11-7-13-30(25,26)18-9-4-3-5-10-18/h3-5,9-10,17H,6-8,11-14H2,1-2H3,(H,21,24). The van der Waals surface area contributed by atoms with Crippen molar-refractivity contribution in [3.8, 4) is 0 Å². The molecule has 3 rings (SSSR count). The van der Waals surface area contributed by atoms with Crippen LogP contribution in [0.3, 0.4) is 0 Å². The molecule has 1 aromatic carbocycles. The Bertz CT molecular complexity index is 1110. The molecule has 170 valence electrons. The van der Waals surface area contributed by atoms with Crippen molar-refractivity contribution >= 4 is 25.8 Å². The molecular formula is C20H27N3O6S2. The molecule has 11 heteroatoms. The van der Waals surface area contributed by atoms with E-state index in [0.29, 0.717) is 25.1 Å². The number of rotatable bonds is 8. The molecule has 0 aliphatic carbocycles. The lowest BCUT2D eigenvalue weighted by molar-refractivity contribution is -0.126. The zero-order valence-corrected chi connectivity index (χ0v) is 19.2. The van der Waals surface area contributed by atoms with E-state index in [-0.39, 0.29) is 46.7 Å². The van der Waals surface area contributed by atoms with Gasteiger partial charge in [-0.15, -0.1) is 0 Å². The number of sulfone groups is 1. The second-order valence-corrected chi connectivity index (χ2v) is 11.6. The molecular weight excluding hydrogens is 442 g/mol. The van der Waals surface area contributed by atoms with Crippen molar-refractivity contribution in [1.29, 1.82) is 0 Å². The number of hydrogen-bond donors (Lipinski definition) is 1. The molecule has 1 unspecified atom stereocenters. The number of sulfonamides is 1. The molecule has 1 aromatic heterocycles. The van der Waals surface area contributed by atoms with Crippen LogP contribution in [0.25, 0.3) is 0 Å². The molecule has 1 aliphatic heterocycles. The Balaban J connectivity index is 1.54. The molecule has 1 aliphatic rings. The van der Waals surface area contributed by atoms with Crippen molar-refractivity contribution in [2.45, 2.75) is 42.9 Å². The van der Waals surface area contributed by atoms with E-state index in [2.05, 4.69) is 10.5 Å². The van der Waals surface area contributed by atoms with Crippen LogP contribution in [0.15, 0.2) is 44.6 Å². The Morgan fingerprint density at radius 3 is 2.55 bits per heavy atom. The molecule has 1 saturated heterocycles. The lowest BCUT2D eigenvalue weighted by atomic mass is 9.99. The van der Waals surface area contributed by atoms with E-state index < -0.39 is 25.8 Å². The van der Waals surface area contributed by atoms with Crippen molar-refractivity contribution in [2.24, 2.45) is 5.92 Å². The van der Waals surface area contributed by atoms with Gasteiger partial charge in [-0.2, -0.15) is 4.31 Å². The molecule has 0 bridgehead atoms. The van der Waals surface area contributed by atoms with Gasteiger partial charge in [0.1, 0.15) is 10.6 Å². The van der Waals surface area contributed by atoms with Crippen molar-refractivity contribution in [3.05, 3.63) is 41.8 Å². The summed E-state index contributed by atoms with van der Waals surface area (Å²) in [6.45, 7) is 3.72. The lowest BCUT2D eigenvalue weighted by Gasteiger charge is -2.31. The Morgan fingerprint density at radius 2 is 1.90 bits per heavy atom. The van der Waals surface area contributed by atoms with Crippen LogP contribution in [0.4, 0.5) is 0 Å². The number of nitrogens with zero attached hydrogens (tertiary/aromatic N) is 2. The first-order valence-corrected chi connectivity index (χ1v) is 13.2. The Labute approximate surface area is 182 Å². The topological polar surface area (TPSA) is 127 Å². The van der Waals surface area contributed by atoms with Crippen LogP contribution in [-0.4, -0.2) is 57.6 Å². The van der Waals surface area contributed by atoms with Crippen LogP contribution in [-0.2, 0) is 24.7 Å². The number of hydrogen-bond acceptors (Lipinski definition) is 7. The molecule has 0 radical (unpaired) electrons. The van der Waals surface area contributed by atoms with E-state index in [1.54, 1.807) is 44.2 Å². The number of nitrogens with one attached hydrogen (secondary N) is 1. The van der Waals surface area contributed by atoms with E-state index in [9.17, 15) is 21.6 Å². The minimum absolute atomic E-state index is 0.0553. The van der Waals surface area contributed by atoms with Gasteiger partial charge in [0, 0.05) is 19.6 Å². The fourth-order valence-corrected chi connectivity index (χ4v) is 6.86. The molecule has 2 aromatic rings. The summed E-state index contributed by atoms with van der Waals surface area (Å²) in [6.07, 6.45) is 1.40. The second-order valence-electron chi connectivity index (χ2n) is 7.63. The molecule has 0 saturated carbocycles. The van der Waals surface area contributed by atoms with E-state index in [0.717, 1.165) is 0 Å². The Kier molecular flexibility index (Phi) is 7.17. The number of carbonyl (C=O) groups is 1. The predicted octanol–water partition coefficient (Wildman–Crippen LogP) is 1.67. The summed E-state index contributed by atoms with van der Waals surface area (Å²) in [5.74, 6) is -0.608. The highest BCUT2D eigenvalue weighted by Gasteiger charge is 2.36. The highest BCUT2D eigenvalue weighted by molar-refractivity contribution is 7.91. The van der Waals surface area contributed by atoms with Gasteiger partial charge in [-0.25, -0.2) is 16.8 Å². The van der Waals surface area contributed by atoms with Crippen molar-refractivity contribution in [2.75, 3.05) is 25.4 Å². The monoisotopic (exact) mass is 469 g/mol. The SMILES string of the molecule is Cc1noc(C)c1S(=O)(=O)N1CCCC(C(=O)NCCCS(=O)(=O)c2ccccc2)C1. The molecule has 31 heavy (non-hydrogen) atoms. The predicted molar refractivity (Wildman–Crippen MR) is 114 cm³/mol. The largest absolute Gasteiger partial charge is 0.360 e. The number of benzene rings is 1. The van der Waals surface area contributed by atoms with Crippen LogP contribution < -0.4 is 5.32 Å². The number of carbonyl (C=O) groups excluding carboxylic acids is 1. The fraction of sp³-hybridized carbons (Fsp3) is 0.500. The van der Waals surface area contributed by atoms with Gasteiger partial charge in [-0.1, -0.05) is 23.4 Å². The minimum Gasteiger partial charge on any atom is -0.360 e. The van der Waals surface area contributed by atoms with Gasteiger partial charge < -0.3 is 9.84 Å². The molecule has 1 atom stereocenters. The quantitative estimate of drug-likeness (QED) is 0.583. The summed E-state index contributed by atoms with van der Waals surface area (Å²) >= 11 is 0. The first kappa shape index (κ1) is 23.4. The Morgan fingerprint density at radius 1 is 1.19 bits per heavy atom. The van der Waals surface area contributed by atoms with Crippen LogP contribution in [0.1, 0.15) is 30.7 Å². The van der Waals surface area contributed by atoms with Crippen LogP contribution in [0.2, 0.25) is 0 Å². The minimum atomic E-state index is -3.80. The third-order valence-electron chi connectivity index (χ3n) is 5.31. The number of amides is 1. The van der Waals surface area contributed by atoms with Gasteiger partial charge in [0.2, 0.25) is 15.9 Å². The van der Waals surface area contributed by atoms with E-state index >= 15 is 0 Å². The third kappa shape index (κ3) is 5.34. The fourth-order valence-electron chi connectivity index (χ4n) is 3.71. The lowest BCUT2D eigenvalue weighted by Crippen LogP contribution is -2.45. The van der Waals surface area contributed by atoms with Gasteiger partial charge in [-0.3, -0.25) is 4.79 Å². The van der Waals surface area contributed by atoms with Gasteiger partial charge in [0.25, 0.3) is 0 Å². The highest BCUT2D eigenvalue weighted by Crippen LogP contribution is 2.27. The van der Waals surface area contributed by atoms with E-state index in [1.165, 1.54) is 4.31 Å². The molecule has 1 amide bonds. The van der Waals surface area contributed by atoms with Crippen LogP contribution in [0, 0.1) is 19.8 Å². The van der Waals surface area contributed by atoms with E-state index in [1.807, 2.05) is 0 Å². The normalized spacial score (nSPS) is 18.1. The molecule has 1 fully saturated rings. The van der Waals surface area contributed by atoms with Gasteiger partial charge >= 0.3 is 0 Å². The van der Waals surface area contributed by atoms with Gasteiger partial charge in [-0.05, 0) is 45.2 Å². The summed E-state index contributed by atoms with van der Waals surface area (Å²) < 4.78 is 56.9. The number of piperidine rings is 1. The second kappa shape index (κ2) is 9.49. The van der Waals surface area contributed by atoms with E-state index in [4.69, 9.17) is 4.52 Å². The zero-order valence-electron chi connectivity index (χ0n) is 17.6. The van der Waals surface area contributed by atoms with Crippen molar-refractivity contribution < 1.29 is 26.2 Å². The molecule has 9 nitrogen and oxygen atoms in total. The molecule has 2 heterocycles. The van der Waals surface area contributed by atoms with Crippen molar-refractivity contribution in [1.82, 2.24) is 14.8 Å². The van der Waals surface area contributed by atoms with Gasteiger partial charge in [0.05, 0.1) is 16.6 Å².